The smallest absolute Gasteiger partial charge is 0.303 e. The second-order valence-electron chi connectivity index (χ2n) is 5.63. The first-order valence-corrected chi connectivity index (χ1v) is 8.33. The van der Waals surface area contributed by atoms with E-state index >= 15 is 0 Å². The summed E-state index contributed by atoms with van der Waals surface area (Å²) in [7, 11) is 0. The largest absolute Gasteiger partial charge is 0.481 e. The average molecular weight is 422 g/mol. The van der Waals surface area contributed by atoms with E-state index in [0.29, 0.717) is 10.7 Å². The minimum atomic E-state index is -0.828. The van der Waals surface area contributed by atoms with E-state index in [1.54, 1.807) is 18.2 Å². The van der Waals surface area contributed by atoms with E-state index in [4.69, 9.17) is 16.7 Å². The molecule has 1 saturated carbocycles. The third-order valence-electron chi connectivity index (χ3n) is 3.93. The maximum absolute atomic E-state index is 12.3. The van der Waals surface area contributed by atoms with Crippen molar-refractivity contribution in [3.05, 3.63) is 26.8 Å². The molecule has 0 heterocycles. The van der Waals surface area contributed by atoms with Gasteiger partial charge in [0.25, 0.3) is 0 Å². The average Bonchev–Trinajstić information content (AvgIpc) is 2.80. The summed E-state index contributed by atoms with van der Waals surface area (Å²) >= 11 is 8.00. The monoisotopic (exact) mass is 421 g/mol. The third-order valence-corrected chi connectivity index (χ3v) is 5.06. The fourth-order valence-electron chi connectivity index (χ4n) is 2.99. The summed E-state index contributed by atoms with van der Waals surface area (Å²) in [5.41, 5.74) is 0.335. The Bertz CT molecular complexity index is 556. The van der Waals surface area contributed by atoms with Crippen molar-refractivity contribution < 1.29 is 14.7 Å². The molecule has 0 bridgehead atoms. The lowest BCUT2D eigenvalue weighted by Gasteiger charge is -2.26. The molecule has 1 aliphatic rings. The number of anilines is 1. The molecule has 1 aliphatic carbocycles. The number of halogens is 2. The van der Waals surface area contributed by atoms with Crippen molar-refractivity contribution in [3.63, 3.8) is 0 Å². The van der Waals surface area contributed by atoms with Crippen LogP contribution in [0.25, 0.3) is 0 Å². The number of carbonyl (C=O) groups excluding carboxylic acids is 1. The first kappa shape index (κ1) is 16.5. The van der Waals surface area contributed by atoms with Crippen LogP contribution in [0.4, 0.5) is 5.69 Å². The van der Waals surface area contributed by atoms with Crippen LogP contribution in [0.5, 0.6) is 0 Å². The molecule has 2 rings (SSSR count). The molecule has 2 N–H and O–H groups in total. The van der Waals surface area contributed by atoms with E-state index in [1.807, 2.05) is 0 Å². The van der Waals surface area contributed by atoms with Gasteiger partial charge < -0.3 is 10.4 Å². The van der Waals surface area contributed by atoms with Gasteiger partial charge in [-0.15, -0.1) is 0 Å². The second kappa shape index (κ2) is 6.96. The van der Waals surface area contributed by atoms with Gasteiger partial charge in [-0.3, -0.25) is 9.59 Å². The van der Waals surface area contributed by atoms with Gasteiger partial charge in [-0.25, -0.2) is 0 Å². The van der Waals surface area contributed by atoms with Crippen molar-refractivity contribution >= 4 is 51.8 Å². The van der Waals surface area contributed by atoms with Crippen LogP contribution in [-0.2, 0) is 9.59 Å². The summed E-state index contributed by atoms with van der Waals surface area (Å²) in [5, 5.41) is 12.6. The summed E-state index contributed by atoms with van der Waals surface area (Å²) in [5.74, 6) is -0.954. The van der Waals surface area contributed by atoms with Crippen molar-refractivity contribution in [3.8, 4) is 0 Å². The van der Waals surface area contributed by atoms with E-state index in [2.05, 4.69) is 27.9 Å². The normalized spacial score (nSPS) is 16.7. The minimum Gasteiger partial charge on any atom is -0.481 e. The molecule has 6 heteroatoms. The van der Waals surface area contributed by atoms with Gasteiger partial charge in [0.1, 0.15) is 0 Å². The molecule has 1 amide bonds. The van der Waals surface area contributed by atoms with Crippen LogP contribution >= 0.6 is 34.2 Å². The predicted octanol–water partition coefficient (Wildman–Crippen LogP) is 4.31. The SMILES string of the molecule is O=C(O)CC1(CC(=O)Nc2ccc(Cl)cc2I)CCCC1. The Hall–Kier alpha value is -0.820. The van der Waals surface area contributed by atoms with Crippen molar-refractivity contribution in [2.24, 2.45) is 5.41 Å². The Morgan fingerprint density at radius 1 is 1.29 bits per heavy atom. The van der Waals surface area contributed by atoms with Crippen molar-refractivity contribution in [2.75, 3.05) is 5.32 Å². The highest BCUT2D eigenvalue weighted by atomic mass is 127. The Kier molecular flexibility index (Phi) is 5.48. The maximum atomic E-state index is 12.3. The molecule has 0 saturated heterocycles. The van der Waals surface area contributed by atoms with Crippen LogP contribution in [0, 0.1) is 8.99 Å². The van der Waals surface area contributed by atoms with Crippen LogP contribution in [-0.4, -0.2) is 17.0 Å². The number of amides is 1. The molecule has 1 aromatic carbocycles. The number of carboxylic acids is 1. The number of carboxylic acid groups (broad SMARTS) is 1. The lowest BCUT2D eigenvalue weighted by Crippen LogP contribution is -2.27. The molecule has 0 aliphatic heterocycles. The molecule has 114 valence electrons. The first-order valence-electron chi connectivity index (χ1n) is 6.87. The molecule has 0 aromatic heterocycles. The number of hydrogen-bond acceptors (Lipinski definition) is 2. The molecule has 0 unspecified atom stereocenters. The number of rotatable bonds is 5. The molecule has 0 atom stereocenters. The van der Waals surface area contributed by atoms with Crippen LogP contribution in [0.3, 0.4) is 0 Å². The molecule has 21 heavy (non-hydrogen) atoms. The number of carbonyl (C=O) groups is 2. The number of nitrogens with one attached hydrogen (secondary N) is 1. The summed E-state index contributed by atoms with van der Waals surface area (Å²) in [6.07, 6.45) is 3.95. The van der Waals surface area contributed by atoms with E-state index in [1.165, 1.54) is 0 Å². The third kappa shape index (κ3) is 4.57. The second-order valence-corrected chi connectivity index (χ2v) is 7.23. The van der Waals surface area contributed by atoms with Crippen LogP contribution in [0.15, 0.2) is 18.2 Å². The lowest BCUT2D eigenvalue weighted by atomic mass is 9.79. The molecule has 1 fully saturated rings. The first-order chi connectivity index (χ1) is 9.90. The molecular weight excluding hydrogens is 405 g/mol. The molecular formula is C15H17ClINO3. The quantitative estimate of drug-likeness (QED) is 0.696. The minimum absolute atomic E-state index is 0.0676. The summed E-state index contributed by atoms with van der Waals surface area (Å²) in [4.78, 5) is 23.3. The highest BCUT2D eigenvalue weighted by Gasteiger charge is 2.38. The van der Waals surface area contributed by atoms with E-state index in [0.717, 1.165) is 29.3 Å². The zero-order chi connectivity index (χ0) is 15.5. The molecule has 4 nitrogen and oxygen atoms in total. The van der Waals surface area contributed by atoms with Gasteiger partial charge in [-0.2, -0.15) is 0 Å². The van der Waals surface area contributed by atoms with Gasteiger partial charge in [-0.1, -0.05) is 24.4 Å². The number of benzene rings is 1. The fraction of sp³-hybridized carbons (Fsp3) is 0.467. The Labute approximate surface area is 142 Å². The topological polar surface area (TPSA) is 66.4 Å². The fourth-order valence-corrected chi connectivity index (χ4v) is 3.99. The van der Waals surface area contributed by atoms with Gasteiger partial charge in [-0.05, 0) is 59.0 Å². The van der Waals surface area contributed by atoms with E-state index in [9.17, 15) is 9.59 Å². The predicted molar refractivity (Wildman–Crippen MR) is 90.6 cm³/mol. The lowest BCUT2D eigenvalue weighted by molar-refractivity contribution is -0.140. The molecule has 0 spiro atoms. The van der Waals surface area contributed by atoms with Gasteiger partial charge in [0.05, 0.1) is 12.1 Å². The van der Waals surface area contributed by atoms with E-state index < -0.39 is 5.97 Å². The highest BCUT2D eigenvalue weighted by molar-refractivity contribution is 14.1. The Balaban J connectivity index is 2.04. The van der Waals surface area contributed by atoms with Crippen molar-refractivity contribution in [1.82, 2.24) is 0 Å². The number of hydrogen-bond donors (Lipinski definition) is 2. The van der Waals surface area contributed by atoms with Gasteiger partial charge in [0.2, 0.25) is 5.91 Å². The van der Waals surface area contributed by atoms with Crippen LogP contribution in [0.1, 0.15) is 38.5 Å². The van der Waals surface area contributed by atoms with Crippen LogP contribution in [0.2, 0.25) is 5.02 Å². The number of aliphatic carboxylic acids is 1. The summed E-state index contributed by atoms with van der Waals surface area (Å²) < 4.78 is 0.868. The summed E-state index contributed by atoms with van der Waals surface area (Å²) in [6, 6.07) is 5.27. The molecule has 0 radical (unpaired) electrons. The Morgan fingerprint density at radius 3 is 2.52 bits per heavy atom. The standard InChI is InChI=1S/C15H17ClINO3/c16-10-3-4-12(11(17)7-10)18-13(19)8-15(9-14(20)21)5-1-2-6-15/h3-4,7H,1-2,5-6,8-9H2,(H,18,19)(H,20,21). The highest BCUT2D eigenvalue weighted by Crippen LogP contribution is 2.44. The van der Waals surface area contributed by atoms with Gasteiger partial charge in [0.15, 0.2) is 0 Å². The zero-order valence-corrected chi connectivity index (χ0v) is 14.4. The Morgan fingerprint density at radius 2 is 1.95 bits per heavy atom. The van der Waals surface area contributed by atoms with Crippen molar-refractivity contribution in [1.29, 1.82) is 0 Å². The maximum Gasteiger partial charge on any atom is 0.303 e. The zero-order valence-electron chi connectivity index (χ0n) is 11.5. The van der Waals surface area contributed by atoms with Crippen molar-refractivity contribution in [2.45, 2.75) is 38.5 Å². The van der Waals surface area contributed by atoms with Crippen LogP contribution < -0.4 is 5.32 Å². The summed E-state index contributed by atoms with van der Waals surface area (Å²) in [6.45, 7) is 0. The van der Waals surface area contributed by atoms with Gasteiger partial charge >= 0.3 is 5.97 Å². The van der Waals surface area contributed by atoms with E-state index in [-0.39, 0.29) is 24.2 Å². The van der Waals surface area contributed by atoms with Gasteiger partial charge in [0, 0.05) is 15.0 Å². The molecule has 1 aromatic rings.